The minimum absolute atomic E-state index is 0.0800. The molecule has 3 heterocycles. The average molecular weight is 341 g/mol. The highest BCUT2D eigenvalue weighted by Gasteiger charge is 2.16. The van der Waals surface area contributed by atoms with Crippen LogP contribution < -0.4 is 5.56 Å². The number of hydrogen-bond donors (Lipinski definition) is 1. The van der Waals surface area contributed by atoms with E-state index in [1.807, 2.05) is 30.3 Å². The molecule has 1 N–H and O–H groups in total. The third kappa shape index (κ3) is 2.97. The van der Waals surface area contributed by atoms with Gasteiger partial charge in [0.25, 0.3) is 5.56 Å². The van der Waals surface area contributed by atoms with Crippen LogP contribution >= 0.6 is 11.8 Å². The quantitative estimate of drug-likeness (QED) is 0.570. The van der Waals surface area contributed by atoms with Gasteiger partial charge in [-0.25, -0.2) is 4.98 Å². The van der Waals surface area contributed by atoms with Gasteiger partial charge in [0.1, 0.15) is 5.39 Å². The van der Waals surface area contributed by atoms with Crippen molar-refractivity contribution in [1.29, 1.82) is 0 Å². The van der Waals surface area contributed by atoms with Crippen LogP contribution in [0.2, 0.25) is 0 Å². The van der Waals surface area contributed by atoms with Crippen molar-refractivity contribution in [3.05, 3.63) is 46.9 Å². The van der Waals surface area contributed by atoms with Crippen molar-refractivity contribution in [2.24, 2.45) is 0 Å². The van der Waals surface area contributed by atoms with E-state index in [-0.39, 0.29) is 5.56 Å². The second-order valence-electron chi connectivity index (χ2n) is 5.90. The van der Waals surface area contributed by atoms with E-state index in [0.29, 0.717) is 16.2 Å². The van der Waals surface area contributed by atoms with E-state index >= 15 is 0 Å². The van der Waals surface area contributed by atoms with Crippen LogP contribution in [-0.4, -0.2) is 50.0 Å². The van der Waals surface area contributed by atoms with Gasteiger partial charge >= 0.3 is 0 Å². The van der Waals surface area contributed by atoms with Crippen LogP contribution in [0.3, 0.4) is 0 Å². The lowest BCUT2D eigenvalue weighted by atomic mass is 10.3. The van der Waals surface area contributed by atoms with Crippen molar-refractivity contribution in [3.8, 4) is 5.69 Å². The van der Waals surface area contributed by atoms with E-state index in [0.717, 1.165) is 18.0 Å². The predicted molar refractivity (Wildman–Crippen MR) is 95.9 cm³/mol. The van der Waals surface area contributed by atoms with Gasteiger partial charge in [-0.15, -0.1) is 0 Å². The number of nitrogens with zero attached hydrogens (tertiary/aromatic N) is 4. The number of aromatic nitrogens is 4. The van der Waals surface area contributed by atoms with Crippen LogP contribution in [0.15, 0.2) is 46.5 Å². The standard InChI is InChI=1S/C17H19N5OS/c23-16-14-12-18-20-15(14)19-17(22(16)13-6-2-1-3-7-13)24-11-10-21-8-4-5-9-21/h1-3,6-7,12H,4-5,8-11H2,(H,18,20). The Morgan fingerprint density at radius 1 is 1.17 bits per heavy atom. The Bertz CT molecular complexity index is 883. The zero-order valence-electron chi connectivity index (χ0n) is 13.3. The molecule has 24 heavy (non-hydrogen) atoms. The molecule has 0 unspecified atom stereocenters. The molecule has 7 heteroatoms. The summed E-state index contributed by atoms with van der Waals surface area (Å²) in [6, 6.07) is 9.66. The molecule has 0 spiro atoms. The Morgan fingerprint density at radius 2 is 1.96 bits per heavy atom. The lowest BCUT2D eigenvalue weighted by Gasteiger charge is -2.15. The number of aromatic amines is 1. The molecule has 0 bridgehead atoms. The third-order valence-electron chi connectivity index (χ3n) is 4.30. The summed E-state index contributed by atoms with van der Waals surface area (Å²) in [5.74, 6) is 0.916. The van der Waals surface area contributed by atoms with Gasteiger partial charge in [0.05, 0.1) is 11.9 Å². The van der Waals surface area contributed by atoms with Crippen LogP contribution in [-0.2, 0) is 0 Å². The van der Waals surface area contributed by atoms with Crippen LogP contribution in [0.1, 0.15) is 12.8 Å². The molecule has 0 amide bonds. The Kier molecular flexibility index (Phi) is 4.36. The van der Waals surface area contributed by atoms with Crippen LogP contribution in [0, 0.1) is 0 Å². The largest absolute Gasteiger partial charge is 0.303 e. The summed E-state index contributed by atoms with van der Waals surface area (Å²) < 4.78 is 1.69. The van der Waals surface area contributed by atoms with Crippen LogP contribution in [0.5, 0.6) is 0 Å². The molecule has 124 valence electrons. The van der Waals surface area contributed by atoms with Crippen molar-refractivity contribution < 1.29 is 0 Å². The molecule has 1 aromatic carbocycles. The van der Waals surface area contributed by atoms with Gasteiger partial charge in [-0.2, -0.15) is 5.10 Å². The number of rotatable bonds is 5. The smallest absolute Gasteiger partial charge is 0.269 e. The second kappa shape index (κ2) is 6.78. The zero-order chi connectivity index (χ0) is 16.4. The highest BCUT2D eigenvalue weighted by molar-refractivity contribution is 7.99. The number of para-hydroxylation sites is 1. The third-order valence-corrected chi connectivity index (χ3v) is 5.22. The van der Waals surface area contributed by atoms with E-state index in [1.54, 1.807) is 22.5 Å². The average Bonchev–Trinajstić information content (AvgIpc) is 3.27. The van der Waals surface area contributed by atoms with Gasteiger partial charge in [-0.3, -0.25) is 14.5 Å². The first-order valence-corrected chi connectivity index (χ1v) is 9.18. The number of nitrogens with one attached hydrogen (secondary N) is 1. The SMILES string of the molecule is O=c1c2cn[nH]c2nc(SCCN2CCCC2)n1-c1ccccc1. The minimum atomic E-state index is -0.0800. The molecule has 1 aliphatic heterocycles. The van der Waals surface area contributed by atoms with E-state index in [9.17, 15) is 4.79 Å². The summed E-state index contributed by atoms with van der Waals surface area (Å²) in [5.41, 5.74) is 1.31. The number of benzene rings is 1. The Morgan fingerprint density at radius 3 is 2.75 bits per heavy atom. The highest BCUT2D eigenvalue weighted by Crippen LogP contribution is 2.21. The van der Waals surface area contributed by atoms with Gasteiger partial charge in [-0.05, 0) is 38.1 Å². The van der Waals surface area contributed by atoms with Gasteiger partial charge in [0, 0.05) is 12.3 Å². The first-order valence-electron chi connectivity index (χ1n) is 8.19. The van der Waals surface area contributed by atoms with E-state index in [2.05, 4.69) is 20.1 Å². The highest BCUT2D eigenvalue weighted by atomic mass is 32.2. The first kappa shape index (κ1) is 15.4. The first-order chi connectivity index (χ1) is 11.8. The lowest BCUT2D eigenvalue weighted by Crippen LogP contribution is -2.24. The monoisotopic (exact) mass is 341 g/mol. The molecule has 0 radical (unpaired) electrons. The maximum absolute atomic E-state index is 12.9. The molecule has 3 aromatic rings. The molecular formula is C17H19N5OS. The van der Waals surface area contributed by atoms with Crippen molar-refractivity contribution in [2.45, 2.75) is 18.0 Å². The number of likely N-dealkylation sites (tertiary alicyclic amines) is 1. The predicted octanol–water partition coefficient (Wildman–Crippen LogP) is 2.30. The fourth-order valence-corrected chi connectivity index (χ4v) is 4.05. The Balaban J connectivity index is 1.68. The summed E-state index contributed by atoms with van der Waals surface area (Å²) in [6.07, 6.45) is 4.12. The minimum Gasteiger partial charge on any atom is -0.303 e. The molecule has 0 saturated carbocycles. The maximum Gasteiger partial charge on any atom is 0.269 e. The summed E-state index contributed by atoms with van der Waals surface area (Å²) in [7, 11) is 0. The van der Waals surface area contributed by atoms with Gasteiger partial charge in [0.2, 0.25) is 0 Å². The van der Waals surface area contributed by atoms with E-state index in [1.165, 1.54) is 25.9 Å². The molecule has 4 rings (SSSR count). The van der Waals surface area contributed by atoms with Gasteiger partial charge in [0.15, 0.2) is 10.8 Å². The van der Waals surface area contributed by atoms with Gasteiger partial charge in [-0.1, -0.05) is 30.0 Å². The van der Waals surface area contributed by atoms with E-state index in [4.69, 9.17) is 0 Å². The fourth-order valence-electron chi connectivity index (χ4n) is 3.05. The summed E-state index contributed by atoms with van der Waals surface area (Å²) in [4.78, 5) is 20.0. The van der Waals surface area contributed by atoms with Gasteiger partial charge < -0.3 is 4.90 Å². The number of H-pyrrole nitrogens is 1. The van der Waals surface area contributed by atoms with Crippen molar-refractivity contribution in [3.63, 3.8) is 0 Å². The summed E-state index contributed by atoms with van der Waals surface area (Å²) >= 11 is 1.62. The number of hydrogen-bond acceptors (Lipinski definition) is 5. The van der Waals surface area contributed by atoms with Crippen LogP contribution in [0.25, 0.3) is 16.7 Å². The maximum atomic E-state index is 12.9. The Labute approximate surface area is 143 Å². The number of thioether (sulfide) groups is 1. The summed E-state index contributed by atoms with van der Waals surface area (Å²) in [6.45, 7) is 3.38. The molecule has 0 atom stereocenters. The molecule has 1 aliphatic rings. The van der Waals surface area contributed by atoms with Crippen molar-refractivity contribution in [1.82, 2.24) is 24.6 Å². The molecule has 6 nitrogen and oxygen atoms in total. The van der Waals surface area contributed by atoms with Crippen LogP contribution in [0.4, 0.5) is 0 Å². The topological polar surface area (TPSA) is 66.8 Å². The summed E-state index contributed by atoms with van der Waals surface area (Å²) in [5, 5.41) is 8.00. The lowest BCUT2D eigenvalue weighted by molar-refractivity contribution is 0.362. The van der Waals surface area contributed by atoms with Crippen molar-refractivity contribution in [2.75, 3.05) is 25.4 Å². The number of fused-ring (bicyclic) bond motifs is 1. The van der Waals surface area contributed by atoms with E-state index < -0.39 is 0 Å². The molecular weight excluding hydrogens is 322 g/mol. The second-order valence-corrected chi connectivity index (χ2v) is 6.96. The van der Waals surface area contributed by atoms with Crippen molar-refractivity contribution >= 4 is 22.8 Å². The molecule has 1 saturated heterocycles. The molecule has 0 aliphatic carbocycles. The fraction of sp³-hybridized carbons (Fsp3) is 0.353. The molecule has 2 aromatic heterocycles. The normalized spacial score (nSPS) is 15.3. The molecule has 1 fully saturated rings. The zero-order valence-corrected chi connectivity index (χ0v) is 14.1. The Hall–Kier alpha value is -2.12.